The standard InChI is InChI=1S/C17H27N3/c1-2-7-16(15(6-1)17-8-4-11-19-17)20-12-9-14-5-3-10-18-13-14/h3,5,10,13,15-17,19-20H,1-2,4,6-9,11-12H2. The van der Waals surface area contributed by atoms with Gasteiger partial charge in [-0.05, 0) is 62.7 Å². The summed E-state index contributed by atoms with van der Waals surface area (Å²) < 4.78 is 0. The highest BCUT2D eigenvalue weighted by molar-refractivity contribution is 5.08. The Bertz CT molecular complexity index is 386. The normalized spacial score (nSPS) is 30.5. The molecule has 0 radical (unpaired) electrons. The molecule has 110 valence electrons. The Hall–Kier alpha value is -0.930. The quantitative estimate of drug-likeness (QED) is 0.865. The molecule has 3 heteroatoms. The van der Waals surface area contributed by atoms with Gasteiger partial charge in [0.25, 0.3) is 0 Å². The minimum absolute atomic E-state index is 0.719. The number of hydrogen-bond acceptors (Lipinski definition) is 3. The van der Waals surface area contributed by atoms with Gasteiger partial charge in [-0.1, -0.05) is 18.9 Å². The number of pyridine rings is 1. The summed E-state index contributed by atoms with van der Waals surface area (Å²) in [4.78, 5) is 4.19. The first-order valence-corrected chi connectivity index (χ1v) is 8.29. The second-order valence-corrected chi connectivity index (χ2v) is 6.32. The van der Waals surface area contributed by atoms with Crippen molar-refractivity contribution < 1.29 is 0 Å². The van der Waals surface area contributed by atoms with Crippen molar-refractivity contribution in [2.75, 3.05) is 13.1 Å². The van der Waals surface area contributed by atoms with Gasteiger partial charge in [0.1, 0.15) is 0 Å². The molecule has 3 nitrogen and oxygen atoms in total. The minimum Gasteiger partial charge on any atom is -0.314 e. The van der Waals surface area contributed by atoms with Gasteiger partial charge in [-0.2, -0.15) is 0 Å². The molecule has 1 aromatic heterocycles. The van der Waals surface area contributed by atoms with Crippen LogP contribution in [0.5, 0.6) is 0 Å². The number of rotatable bonds is 5. The fraction of sp³-hybridized carbons (Fsp3) is 0.706. The van der Waals surface area contributed by atoms with Crippen molar-refractivity contribution in [1.29, 1.82) is 0 Å². The number of hydrogen-bond donors (Lipinski definition) is 2. The van der Waals surface area contributed by atoms with Gasteiger partial charge in [-0.3, -0.25) is 4.98 Å². The van der Waals surface area contributed by atoms with Crippen molar-refractivity contribution in [1.82, 2.24) is 15.6 Å². The Labute approximate surface area is 122 Å². The fourth-order valence-electron chi connectivity index (χ4n) is 3.92. The lowest BCUT2D eigenvalue weighted by molar-refractivity contribution is 0.216. The van der Waals surface area contributed by atoms with Crippen molar-refractivity contribution >= 4 is 0 Å². The molecule has 2 fully saturated rings. The van der Waals surface area contributed by atoms with Crippen LogP contribution in [0.3, 0.4) is 0 Å². The van der Waals surface area contributed by atoms with E-state index in [2.05, 4.69) is 21.7 Å². The van der Waals surface area contributed by atoms with Crippen LogP contribution in [0.15, 0.2) is 24.5 Å². The molecule has 3 atom stereocenters. The highest BCUT2D eigenvalue weighted by atomic mass is 15.0. The molecule has 0 amide bonds. The maximum Gasteiger partial charge on any atom is 0.0300 e. The molecule has 20 heavy (non-hydrogen) atoms. The molecule has 3 rings (SSSR count). The average molecular weight is 273 g/mol. The molecular formula is C17H27N3. The molecule has 2 aliphatic rings. The monoisotopic (exact) mass is 273 g/mol. The smallest absolute Gasteiger partial charge is 0.0300 e. The molecule has 2 N–H and O–H groups in total. The largest absolute Gasteiger partial charge is 0.314 e. The van der Waals surface area contributed by atoms with E-state index < -0.39 is 0 Å². The molecule has 0 bridgehead atoms. The van der Waals surface area contributed by atoms with Crippen LogP contribution >= 0.6 is 0 Å². The average Bonchev–Trinajstić information content (AvgIpc) is 3.03. The first kappa shape index (κ1) is 14.0. The van der Waals surface area contributed by atoms with Crippen LogP contribution in [0.2, 0.25) is 0 Å². The second-order valence-electron chi connectivity index (χ2n) is 6.32. The predicted octanol–water partition coefficient (Wildman–Crippen LogP) is 2.52. The van der Waals surface area contributed by atoms with E-state index in [1.165, 1.54) is 50.6 Å². The first-order valence-electron chi connectivity index (χ1n) is 8.29. The second kappa shape index (κ2) is 7.19. The van der Waals surface area contributed by atoms with Crippen LogP contribution in [0.1, 0.15) is 44.1 Å². The fourth-order valence-corrected chi connectivity index (χ4v) is 3.92. The summed E-state index contributed by atoms with van der Waals surface area (Å²) in [5, 5.41) is 7.54. The van der Waals surface area contributed by atoms with E-state index in [1.807, 2.05) is 18.5 Å². The van der Waals surface area contributed by atoms with Crippen molar-refractivity contribution in [3.63, 3.8) is 0 Å². The maximum absolute atomic E-state index is 4.19. The van der Waals surface area contributed by atoms with E-state index in [1.54, 1.807) is 0 Å². The molecule has 0 spiro atoms. The minimum atomic E-state index is 0.719. The zero-order valence-electron chi connectivity index (χ0n) is 12.4. The van der Waals surface area contributed by atoms with Crippen LogP contribution in [0.25, 0.3) is 0 Å². The van der Waals surface area contributed by atoms with Gasteiger partial charge in [-0.25, -0.2) is 0 Å². The van der Waals surface area contributed by atoms with E-state index in [-0.39, 0.29) is 0 Å². The van der Waals surface area contributed by atoms with Gasteiger partial charge in [0.15, 0.2) is 0 Å². The van der Waals surface area contributed by atoms with Gasteiger partial charge >= 0.3 is 0 Å². The Morgan fingerprint density at radius 2 is 2.15 bits per heavy atom. The zero-order valence-corrected chi connectivity index (χ0v) is 12.4. The third-order valence-electron chi connectivity index (χ3n) is 4.98. The number of nitrogens with one attached hydrogen (secondary N) is 2. The van der Waals surface area contributed by atoms with Gasteiger partial charge < -0.3 is 10.6 Å². The lowest BCUT2D eigenvalue weighted by Crippen LogP contribution is -2.47. The first-order chi connectivity index (χ1) is 9.93. The summed E-state index contributed by atoms with van der Waals surface area (Å²) in [5.74, 6) is 0.847. The van der Waals surface area contributed by atoms with Crippen LogP contribution in [-0.4, -0.2) is 30.2 Å². The topological polar surface area (TPSA) is 37.0 Å². The van der Waals surface area contributed by atoms with E-state index >= 15 is 0 Å². The molecular weight excluding hydrogens is 246 g/mol. The van der Waals surface area contributed by atoms with Crippen LogP contribution in [0.4, 0.5) is 0 Å². The third-order valence-corrected chi connectivity index (χ3v) is 4.98. The Kier molecular flexibility index (Phi) is 5.04. The van der Waals surface area contributed by atoms with Crippen molar-refractivity contribution in [3.05, 3.63) is 30.1 Å². The zero-order chi connectivity index (χ0) is 13.6. The summed E-state index contributed by atoms with van der Waals surface area (Å²) in [7, 11) is 0. The van der Waals surface area contributed by atoms with Crippen molar-refractivity contribution in [2.45, 2.75) is 57.0 Å². The van der Waals surface area contributed by atoms with Gasteiger partial charge in [0.05, 0.1) is 0 Å². The van der Waals surface area contributed by atoms with E-state index in [4.69, 9.17) is 0 Å². The number of aromatic nitrogens is 1. The molecule has 1 aromatic rings. The summed E-state index contributed by atoms with van der Waals surface area (Å²) in [6.45, 7) is 2.31. The van der Waals surface area contributed by atoms with Gasteiger partial charge in [0, 0.05) is 24.5 Å². The van der Waals surface area contributed by atoms with Gasteiger partial charge in [-0.15, -0.1) is 0 Å². The van der Waals surface area contributed by atoms with Crippen LogP contribution < -0.4 is 10.6 Å². The molecule has 1 aliphatic carbocycles. The molecule has 3 unspecified atom stereocenters. The number of nitrogens with zero attached hydrogens (tertiary/aromatic N) is 1. The van der Waals surface area contributed by atoms with Gasteiger partial charge in [0.2, 0.25) is 0 Å². The maximum atomic E-state index is 4.19. The highest BCUT2D eigenvalue weighted by Crippen LogP contribution is 2.30. The third kappa shape index (κ3) is 3.58. The van der Waals surface area contributed by atoms with Crippen molar-refractivity contribution in [3.8, 4) is 0 Å². The van der Waals surface area contributed by atoms with E-state index in [9.17, 15) is 0 Å². The lowest BCUT2D eigenvalue weighted by Gasteiger charge is -2.36. The van der Waals surface area contributed by atoms with E-state index in [0.717, 1.165) is 31.0 Å². The molecule has 1 saturated heterocycles. The summed E-state index contributed by atoms with van der Waals surface area (Å²) in [6, 6.07) is 5.69. The van der Waals surface area contributed by atoms with Crippen LogP contribution in [0, 0.1) is 5.92 Å². The lowest BCUT2D eigenvalue weighted by atomic mass is 9.79. The summed E-state index contributed by atoms with van der Waals surface area (Å²) in [6.07, 6.45) is 13.2. The van der Waals surface area contributed by atoms with Crippen LogP contribution in [-0.2, 0) is 6.42 Å². The molecule has 2 heterocycles. The SMILES string of the molecule is c1cncc(CCNC2CCCCC2C2CCCN2)c1. The Balaban J connectivity index is 1.49. The van der Waals surface area contributed by atoms with Crippen molar-refractivity contribution in [2.24, 2.45) is 5.92 Å². The predicted molar refractivity (Wildman–Crippen MR) is 82.7 cm³/mol. The Morgan fingerprint density at radius 1 is 1.20 bits per heavy atom. The summed E-state index contributed by atoms with van der Waals surface area (Å²) in [5.41, 5.74) is 1.34. The van der Waals surface area contributed by atoms with E-state index in [0.29, 0.717) is 0 Å². The molecule has 1 aliphatic heterocycles. The highest BCUT2D eigenvalue weighted by Gasteiger charge is 2.32. The molecule has 0 aromatic carbocycles. The Morgan fingerprint density at radius 3 is 2.95 bits per heavy atom. The molecule has 1 saturated carbocycles. The summed E-state index contributed by atoms with van der Waals surface area (Å²) >= 11 is 0.